The molecule has 1 unspecified atom stereocenters. The molecular weight excluding hydrogens is 260 g/mol. The molecule has 1 aromatic carbocycles. The molecule has 0 aromatic heterocycles. The van der Waals surface area contributed by atoms with Crippen molar-refractivity contribution in [3.63, 3.8) is 0 Å². The maximum atomic E-state index is 12.1. The summed E-state index contributed by atoms with van der Waals surface area (Å²) in [7, 11) is 3.33. The fourth-order valence-electron chi connectivity index (χ4n) is 2.04. The van der Waals surface area contributed by atoms with Crippen LogP contribution in [0.5, 0.6) is 11.5 Å². The highest BCUT2D eigenvalue weighted by molar-refractivity contribution is 5.81. The summed E-state index contributed by atoms with van der Waals surface area (Å²) in [6.07, 6.45) is 0.515. The van der Waals surface area contributed by atoms with Crippen molar-refractivity contribution in [1.82, 2.24) is 4.90 Å². The number of carbonyl (C=O) groups is 1. The first-order valence-electron chi connectivity index (χ1n) is 6.50. The molecule has 110 valence electrons. The van der Waals surface area contributed by atoms with Gasteiger partial charge in [-0.3, -0.25) is 4.79 Å². The molecule has 1 aromatic rings. The minimum absolute atomic E-state index is 0.0975. The lowest BCUT2D eigenvalue weighted by atomic mass is 10.1. The molecule has 0 radical (unpaired) electrons. The zero-order chi connectivity index (χ0) is 14.5. The van der Waals surface area contributed by atoms with Gasteiger partial charge in [0.25, 0.3) is 0 Å². The molecule has 1 amide bonds. The maximum absolute atomic E-state index is 12.1. The standard InChI is InChI=1S/C14H20N2O4/c1-16(14(17)11(15)5-6-18-2)8-10-3-4-12-13(7-10)20-9-19-12/h3-4,7,11H,5-6,8-9,15H2,1-2H3. The fourth-order valence-corrected chi connectivity index (χ4v) is 2.04. The first-order chi connectivity index (χ1) is 9.61. The molecule has 1 aliphatic rings. The van der Waals surface area contributed by atoms with Gasteiger partial charge in [-0.2, -0.15) is 0 Å². The van der Waals surface area contributed by atoms with E-state index in [0.717, 1.165) is 11.3 Å². The Balaban J connectivity index is 1.93. The number of fused-ring (bicyclic) bond motifs is 1. The highest BCUT2D eigenvalue weighted by Gasteiger charge is 2.19. The third-order valence-corrected chi connectivity index (χ3v) is 3.18. The SMILES string of the molecule is COCCC(N)C(=O)N(C)Cc1ccc2c(c1)OCO2. The number of hydrogen-bond donors (Lipinski definition) is 1. The minimum Gasteiger partial charge on any atom is -0.454 e. The second-order valence-corrected chi connectivity index (χ2v) is 4.77. The fraction of sp³-hybridized carbons (Fsp3) is 0.500. The number of nitrogens with zero attached hydrogens (tertiary/aromatic N) is 1. The molecule has 20 heavy (non-hydrogen) atoms. The van der Waals surface area contributed by atoms with Gasteiger partial charge in [-0.1, -0.05) is 6.07 Å². The number of amides is 1. The van der Waals surface area contributed by atoms with Gasteiger partial charge in [0.1, 0.15) is 0 Å². The number of benzene rings is 1. The smallest absolute Gasteiger partial charge is 0.239 e. The molecule has 1 heterocycles. The van der Waals surface area contributed by atoms with Crippen molar-refractivity contribution in [3.05, 3.63) is 23.8 Å². The van der Waals surface area contributed by atoms with E-state index >= 15 is 0 Å². The largest absolute Gasteiger partial charge is 0.454 e. The molecule has 0 fully saturated rings. The summed E-state index contributed by atoms with van der Waals surface area (Å²) in [5.41, 5.74) is 6.81. The van der Waals surface area contributed by atoms with E-state index in [2.05, 4.69) is 0 Å². The van der Waals surface area contributed by atoms with Crippen LogP contribution in [0.3, 0.4) is 0 Å². The molecule has 0 saturated heterocycles. The van der Waals surface area contributed by atoms with Crippen LogP contribution in [-0.2, 0) is 16.1 Å². The lowest BCUT2D eigenvalue weighted by Crippen LogP contribution is -2.42. The van der Waals surface area contributed by atoms with Crippen LogP contribution in [0, 0.1) is 0 Å². The van der Waals surface area contributed by atoms with Gasteiger partial charge >= 0.3 is 0 Å². The average Bonchev–Trinajstić information content (AvgIpc) is 2.91. The third-order valence-electron chi connectivity index (χ3n) is 3.18. The van der Waals surface area contributed by atoms with Gasteiger partial charge in [-0.05, 0) is 24.1 Å². The molecule has 6 nitrogen and oxygen atoms in total. The Bertz CT molecular complexity index is 478. The average molecular weight is 280 g/mol. The van der Waals surface area contributed by atoms with Crippen LogP contribution in [0.15, 0.2) is 18.2 Å². The number of methoxy groups -OCH3 is 1. The molecule has 1 aliphatic heterocycles. The normalized spacial score (nSPS) is 14.2. The van der Waals surface area contributed by atoms with E-state index in [-0.39, 0.29) is 12.7 Å². The van der Waals surface area contributed by atoms with Gasteiger partial charge < -0.3 is 24.8 Å². The van der Waals surface area contributed by atoms with Gasteiger partial charge in [0.05, 0.1) is 6.04 Å². The Morgan fingerprint density at radius 1 is 1.45 bits per heavy atom. The third kappa shape index (κ3) is 3.40. The summed E-state index contributed by atoms with van der Waals surface area (Å²) >= 11 is 0. The van der Waals surface area contributed by atoms with Gasteiger partial charge in [-0.25, -0.2) is 0 Å². The predicted molar refractivity (Wildman–Crippen MR) is 73.5 cm³/mol. The summed E-state index contributed by atoms with van der Waals surface area (Å²) in [6.45, 7) is 1.20. The molecule has 0 bridgehead atoms. The van der Waals surface area contributed by atoms with Crippen molar-refractivity contribution in [2.75, 3.05) is 27.6 Å². The molecular formula is C14H20N2O4. The first kappa shape index (κ1) is 14.6. The van der Waals surface area contributed by atoms with Gasteiger partial charge in [-0.15, -0.1) is 0 Å². The van der Waals surface area contributed by atoms with Crippen LogP contribution < -0.4 is 15.2 Å². The van der Waals surface area contributed by atoms with E-state index in [1.165, 1.54) is 0 Å². The van der Waals surface area contributed by atoms with E-state index in [1.807, 2.05) is 18.2 Å². The van der Waals surface area contributed by atoms with E-state index in [9.17, 15) is 4.79 Å². The van der Waals surface area contributed by atoms with Crippen LogP contribution in [0.4, 0.5) is 0 Å². The quantitative estimate of drug-likeness (QED) is 0.832. The predicted octanol–water partition coefficient (Wildman–Crippen LogP) is 0.738. The van der Waals surface area contributed by atoms with E-state index in [1.54, 1.807) is 19.1 Å². The van der Waals surface area contributed by atoms with Crippen LogP contribution in [0.25, 0.3) is 0 Å². The summed E-state index contributed by atoms with van der Waals surface area (Å²) in [5, 5.41) is 0. The van der Waals surface area contributed by atoms with Crippen molar-refractivity contribution in [2.45, 2.75) is 19.0 Å². The summed E-state index contributed by atoms with van der Waals surface area (Å²) in [5.74, 6) is 1.35. The van der Waals surface area contributed by atoms with Gasteiger partial charge in [0.15, 0.2) is 11.5 Å². The van der Waals surface area contributed by atoms with Crippen molar-refractivity contribution >= 4 is 5.91 Å². The van der Waals surface area contributed by atoms with Gasteiger partial charge in [0, 0.05) is 27.3 Å². The highest BCUT2D eigenvalue weighted by atomic mass is 16.7. The van der Waals surface area contributed by atoms with E-state index in [0.29, 0.717) is 25.3 Å². The van der Waals surface area contributed by atoms with E-state index < -0.39 is 6.04 Å². The molecule has 1 atom stereocenters. The Morgan fingerprint density at radius 3 is 2.95 bits per heavy atom. The Kier molecular flexibility index (Phi) is 4.81. The Labute approximate surface area is 118 Å². The molecule has 2 rings (SSSR count). The molecule has 2 N–H and O–H groups in total. The molecule has 0 spiro atoms. The highest BCUT2D eigenvalue weighted by Crippen LogP contribution is 2.32. The minimum atomic E-state index is -0.533. The van der Waals surface area contributed by atoms with Crippen LogP contribution >= 0.6 is 0 Å². The summed E-state index contributed by atoms with van der Waals surface area (Å²) in [6, 6.07) is 5.11. The Morgan fingerprint density at radius 2 is 2.20 bits per heavy atom. The number of rotatable bonds is 6. The number of nitrogens with two attached hydrogens (primary N) is 1. The lowest BCUT2D eigenvalue weighted by molar-refractivity contribution is -0.132. The van der Waals surface area contributed by atoms with Crippen molar-refractivity contribution < 1.29 is 19.0 Å². The number of hydrogen-bond acceptors (Lipinski definition) is 5. The molecule has 6 heteroatoms. The van der Waals surface area contributed by atoms with Crippen LogP contribution in [0.1, 0.15) is 12.0 Å². The van der Waals surface area contributed by atoms with Crippen molar-refractivity contribution in [3.8, 4) is 11.5 Å². The van der Waals surface area contributed by atoms with Crippen LogP contribution in [0.2, 0.25) is 0 Å². The number of carbonyl (C=O) groups excluding carboxylic acids is 1. The van der Waals surface area contributed by atoms with Gasteiger partial charge in [0.2, 0.25) is 12.7 Å². The van der Waals surface area contributed by atoms with E-state index in [4.69, 9.17) is 19.9 Å². The first-order valence-corrected chi connectivity index (χ1v) is 6.50. The summed E-state index contributed by atoms with van der Waals surface area (Å²) < 4.78 is 15.5. The summed E-state index contributed by atoms with van der Waals surface area (Å²) in [4.78, 5) is 13.7. The van der Waals surface area contributed by atoms with Crippen LogP contribution in [-0.4, -0.2) is 44.4 Å². The second kappa shape index (κ2) is 6.58. The Hall–Kier alpha value is -1.79. The molecule has 0 aliphatic carbocycles. The molecule has 0 saturated carbocycles. The van der Waals surface area contributed by atoms with Crippen molar-refractivity contribution in [2.24, 2.45) is 5.73 Å². The zero-order valence-electron chi connectivity index (χ0n) is 11.8. The monoisotopic (exact) mass is 280 g/mol. The zero-order valence-corrected chi connectivity index (χ0v) is 11.8. The number of likely N-dealkylation sites (N-methyl/N-ethyl adjacent to an activating group) is 1. The lowest BCUT2D eigenvalue weighted by Gasteiger charge is -2.21. The maximum Gasteiger partial charge on any atom is 0.239 e. The second-order valence-electron chi connectivity index (χ2n) is 4.77. The van der Waals surface area contributed by atoms with Crippen molar-refractivity contribution in [1.29, 1.82) is 0 Å². The number of ether oxygens (including phenoxy) is 3. The topological polar surface area (TPSA) is 74.0 Å².